The molecule has 1 fully saturated rings. The van der Waals surface area contributed by atoms with Gasteiger partial charge in [-0.05, 0) is 66.4 Å². The largest absolute Gasteiger partial charge is 0.467 e. The van der Waals surface area contributed by atoms with E-state index in [1.165, 1.54) is 7.11 Å². The number of benzene rings is 1. The molecule has 7 nitrogen and oxygen atoms in total. The molecule has 0 heterocycles. The highest BCUT2D eigenvalue weighted by Gasteiger charge is 2.58. The predicted octanol–water partition coefficient (Wildman–Crippen LogP) is 9.30. The molecule has 0 amide bonds. The van der Waals surface area contributed by atoms with E-state index < -0.39 is 36.7 Å². The molecule has 2 rings (SSSR count). The van der Waals surface area contributed by atoms with E-state index in [2.05, 4.69) is 102 Å². The van der Waals surface area contributed by atoms with Gasteiger partial charge >= 0.3 is 5.97 Å². The maximum Gasteiger partial charge on any atom is 0.337 e. The van der Waals surface area contributed by atoms with Gasteiger partial charge in [0.05, 0.1) is 25.9 Å². The minimum Gasteiger partial charge on any atom is -0.467 e. The predicted molar refractivity (Wildman–Crippen MR) is 192 cm³/mol. The molecule has 0 N–H and O–H groups in total. The van der Waals surface area contributed by atoms with Crippen molar-refractivity contribution >= 4 is 30.9 Å². The van der Waals surface area contributed by atoms with Crippen molar-refractivity contribution in [3.63, 3.8) is 0 Å². The lowest BCUT2D eigenvalue weighted by molar-refractivity contribution is -0.199. The van der Waals surface area contributed by atoms with Crippen LogP contribution in [-0.4, -0.2) is 69.2 Å². The highest BCUT2D eigenvalue weighted by molar-refractivity contribution is 6.75. The molecule has 1 aliphatic carbocycles. The number of ether oxygens (including phenoxy) is 3. The molecule has 0 unspecified atom stereocenters. The summed E-state index contributed by atoms with van der Waals surface area (Å²) in [6.45, 7) is 34.5. The van der Waals surface area contributed by atoms with Gasteiger partial charge in [0.15, 0.2) is 30.6 Å². The van der Waals surface area contributed by atoms with Crippen molar-refractivity contribution in [3.8, 4) is 0 Å². The number of hydrogen-bond acceptors (Lipinski definition) is 7. The van der Waals surface area contributed by atoms with Crippen LogP contribution in [0.5, 0.6) is 0 Å². The maximum absolute atomic E-state index is 13.9. The van der Waals surface area contributed by atoms with E-state index in [1.807, 2.05) is 30.3 Å². The molecule has 1 aromatic carbocycles. The Morgan fingerprint density at radius 1 is 0.800 bits per heavy atom. The molecule has 0 spiro atoms. The van der Waals surface area contributed by atoms with Crippen LogP contribution >= 0.6 is 0 Å². The molecule has 0 bridgehead atoms. The third-order valence-corrected chi connectivity index (χ3v) is 24.4. The van der Waals surface area contributed by atoms with Crippen LogP contribution in [0.4, 0.5) is 0 Å². The first-order valence-electron chi connectivity index (χ1n) is 16.6. The molecule has 0 saturated heterocycles. The highest BCUT2D eigenvalue weighted by Crippen LogP contribution is 2.49. The number of rotatable bonds is 13. The summed E-state index contributed by atoms with van der Waals surface area (Å²) in [5.41, 5.74) is -0.110. The first kappa shape index (κ1) is 40.3. The zero-order valence-electron chi connectivity index (χ0n) is 31.5. The van der Waals surface area contributed by atoms with Crippen molar-refractivity contribution < 1.29 is 32.3 Å². The Kier molecular flexibility index (Phi) is 13.2. The standard InChI is InChI=1S/C35H66O7Si3/c1-32(2,3)43(11,12)40-25-28-22-35(31(36)37-10,42-45(15,16)34(7,8)9)23-29(30(28)41-44(13,14)33(4,5)6)39-26-38-24-27-20-18-17-19-21-27/h17-21,28-30H,22-26H2,1-16H3/t28-,29+,30+,35-/m0/s1. The van der Waals surface area contributed by atoms with Gasteiger partial charge in [-0.15, -0.1) is 0 Å². The highest BCUT2D eigenvalue weighted by atomic mass is 28.4. The topological polar surface area (TPSA) is 72.5 Å². The molecular weight excluding hydrogens is 617 g/mol. The molecular formula is C35H66O7Si3. The summed E-state index contributed by atoms with van der Waals surface area (Å²) in [5.74, 6) is -0.501. The quantitative estimate of drug-likeness (QED) is 0.0889. The Morgan fingerprint density at radius 3 is 1.82 bits per heavy atom. The molecule has 10 heteroatoms. The number of methoxy groups -OCH3 is 1. The van der Waals surface area contributed by atoms with Gasteiger partial charge in [-0.1, -0.05) is 92.6 Å². The van der Waals surface area contributed by atoms with Crippen LogP contribution in [0.3, 0.4) is 0 Å². The van der Waals surface area contributed by atoms with Crippen LogP contribution in [0.15, 0.2) is 30.3 Å². The molecule has 0 radical (unpaired) electrons. The molecule has 0 aromatic heterocycles. The van der Waals surface area contributed by atoms with Crippen molar-refractivity contribution in [1.29, 1.82) is 0 Å². The summed E-state index contributed by atoms with van der Waals surface area (Å²) in [6, 6.07) is 10.1. The summed E-state index contributed by atoms with van der Waals surface area (Å²) in [7, 11) is -5.35. The minimum atomic E-state index is -2.43. The Labute approximate surface area is 278 Å². The fraction of sp³-hybridized carbons (Fsp3) is 0.800. The summed E-state index contributed by atoms with van der Waals surface area (Å²) >= 11 is 0. The van der Waals surface area contributed by atoms with E-state index in [4.69, 9.17) is 27.5 Å². The van der Waals surface area contributed by atoms with E-state index in [0.29, 0.717) is 26.1 Å². The fourth-order valence-electron chi connectivity index (χ4n) is 4.88. The van der Waals surface area contributed by atoms with Crippen LogP contribution < -0.4 is 0 Å². The van der Waals surface area contributed by atoms with Gasteiger partial charge in [-0.25, -0.2) is 4.79 Å². The fourth-order valence-corrected chi connectivity index (χ4v) is 8.86. The molecule has 4 atom stereocenters. The third kappa shape index (κ3) is 10.3. The van der Waals surface area contributed by atoms with Crippen molar-refractivity contribution in [2.75, 3.05) is 20.5 Å². The van der Waals surface area contributed by atoms with Gasteiger partial charge in [0.25, 0.3) is 0 Å². The van der Waals surface area contributed by atoms with Gasteiger partial charge in [-0.2, -0.15) is 0 Å². The first-order chi connectivity index (χ1) is 20.3. The zero-order chi connectivity index (χ0) is 34.7. The van der Waals surface area contributed by atoms with Crippen molar-refractivity contribution in [2.45, 2.75) is 154 Å². The average molecular weight is 683 g/mol. The number of hydrogen-bond donors (Lipinski definition) is 0. The summed E-state index contributed by atoms with van der Waals surface area (Å²) in [6.07, 6.45) is 0.0269. The Balaban J connectivity index is 2.60. The first-order valence-corrected chi connectivity index (χ1v) is 25.3. The second-order valence-corrected chi connectivity index (χ2v) is 31.9. The minimum absolute atomic E-state index is 0.0132. The van der Waals surface area contributed by atoms with E-state index >= 15 is 0 Å². The lowest BCUT2D eigenvalue weighted by Crippen LogP contribution is -2.64. The average Bonchev–Trinajstić information content (AvgIpc) is 2.89. The Bertz CT molecular complexity index is 1090. The summed E-state index contributed by atoms with van der Waals surface area (Å²) in [4.78, 5) is 13.9. The van der Waals surface area contributed by atoms with Crippen molar-refractivity contribution in [1.82, 2.24) is 0 Å². The Morgan fingerprint density at radius 2 is 1.33 bits per heavy atom. The SMILES string of the molecule is COC(=O)[C@]1(O[Si](C)(C)C(C)(C)C)C[C@@H](CO[Si](C)(C)C(C)(C)C)[C@@H](O[Si](C)(C)C(C)(C)C)[C@H](OCOCc2ccccc2)C1. The summed E-state index contributed by atoms with van der Waals surface area (Å²) in [5, 5.41) is -0.0821. The Hall–Kier alpha value is -0.859. The van der Waals surface area contributed by atoms with E-state index in [-0.39, 0.29) is 39.9 Å². The van der Waals surface area contributed by atoms with Crippen LogP contribution in [0.2, 0.25) is 54.4 Å². The van der Waals surface area contributed by atoms with Gasteiger partial charge in [0.1, 0.15) is 6.79 Å². The van der Waals surface area contributed by atoms with Crippen LogP contribution in [0.25, 0.3) is 0 Å². The molecule has 260 valence electrons. The van der Waals surface area contributed by atoms with Crippen molar-refractivity contribution in [2.24, 2.45) is 5.92 Å². The van der Waals surface area contributed by atoms with Gasteiger partial charge in [-0.3, -0.25) is 0 Å². The van der Waals surface area contributed by atoms with Gasteiger partial charge in [0.2, 0.25) is 0 Å². The second-order valence-electron chi connectivity index (χ2n) is 17.6. The lowest BCUT2D eigenvalue weighted by atomic mass is 9.75. The van der Waals surface area contributed by atoms with Crippen molar-refractivity contribution in [3.05, 3.63) is 35.9 Å². The van der Waals surface area contributed by atoms with Crippen LogP contribution in [-0.2, 0) is 38.9 Å². The lowest BCUT2D eigenvalue weighted by Gasteiger charge is -2.53. The van der Waals surface area contributed by atoms with E-state index in [0.717, 1.165) is 5.56 Å². The van der Waals surface area contributed by atoms with Crippen LogP contribution in [0, 0.1) is 5.92 Å². The summed E-state index contributed by atoms with van der Waals surface area (Å²) < 4.78 is 39.4. The van der Waals surface area contributed by atoms with Crippen LogP contribution in [0.1, 0.15) is 80.7 Å². The van der Waals surface area contributed by atoms with Gasteiger partial charge < -0.3 is 27.5 Å². The zero-order valence-corrected chi connectivity index (χ0v) is 34.5. The second kappa shape index (κ2) is 14.7. The van der Waals surface area contributed by atoms with E-state index in [9.17, 15) is 4.79 Å². The molecule has 1 saturated carbocycles. The molecule has 45 heavy (non-hydrogen) atoms. The maximum atomic E-state index is 13.9. The molecule has 0 aliphatic heterocycles. The number of carbonyl (C=O) groups excluding carboxylic acids is 1. The number of esters is 1. The third-order valence-electron chi connectivity index (χ3n) is 10.9. The normalized spacial score (nSPS) is 24.0. The monoisotopic (exact) mass is 682 g/mol. The smallest absolute Gasteiger partial charge is 0.337 e. The number of carbonyl (C=O) groups is 1. The van der Waals surface area contributed by atoms with E-state index in [1.54, 1.807) is 0 Å². The molecule has 1 aliphatic rings. The van der Waals surface area contributed by atoms with Gasteiger partial charge in [0, 0.05) is 18.9 Å². The molecule has 1 aromatic rings.